The third kappa shape index (κ3) is 6.60. The van der Waals surface area contributed by atoms with Crippen molar-refractivity contribution < 1.29 is 35.8 Å². The summed E-state index contributed by atoms with van der Waals surface area (Å²) >= 11 is 0. The highest BCUT2D eigenvalue weighted by Crippen LogP contribution is 2.47. The molecule has 8 rings (SSSR count). The largest absolute Gasteiger partial charge is 0.555 e. The van der Waals surface area contributed by atoms with Crippen LogP contribution in [0.2, 0.25) is 0 Å². The number of fused-ring (bicyclic) bond motifs is 6. The summed E-state index contributed by atoms with van der Waals surface area (Å²) in [6.45, 7) is 2.00. The van der Waals surface area contributed by atoms with Crippen LogP contribution in [-0.4, -0.2) is 86.2 Å². The van der Waals surface area contributed by atoms with Crippen molar-refractivity contribution in [1.82, 2.24) is 29.4 Å². The Bertz CT molecular complexity index is 2210. The van der Waals surface area contributed by atoms with Crippen LogP contribution in [0.15, 0.2) is 48.9 Å². The van der Waals surface area contributed by atoms with E-state index in [-0.39, 0.29) is 48.5 Å². The van der Waals surface area contributed by atoms with Gasteiger partial charge in [0.2, 0.25) is 20.0 Å². The number of nitrogens with zero attached hydrogens (tertiary/aromatic N) is 2. The molecule has 4 aliphatic rings. The Morgan fingerprint density at radius 2 is 1.38 bits per heavy atom. The Hall–Kier alpha value is -3.67. The maximum absolute atomic E-state index is 13.0. The number of hydrogen-bond donors (Lipinski definition) is 5. The fraction of sp³-hybridized carbons (Fsp3) is 0.438. The summed E-state index contributed by atoms with van der Waals surface area (Å²) in [7, 11) is -8.70. The zero-order valence-corrected chi connectivity index (χ0v) is 29.1. The molecule has 14 nitrogen and oxygen atoms in total. The molecule has 18 heteroatoms. The van der Waals surface area contributed by atoms with E-state index < -0.39 is 34.3 Å². The lowest BCUT2D eigenvalue weighted by molar-refractivity contribution is 0.270. The smallest absolute Gasteiger partial charge is 0.531 e. The first-order valence-corrected chi connectivity index (χ1v) is 20.4. The summed E-state index contributed by atoms with van der Waals surface area (Å²) in [6.07, 6.45) is 10.2. The molecule has 2 saturated carbocycles. The Kier molecular flexibility index (Phi) is 8.80. The van der Waals surface area contributed by atoms with Crippen molar-refractivity contribution in [2.75, 3.05) is 18.1 Å². The summed E-state index contributed by atoms with van der Waals surface area (Å²) in [5, 5.41) is 12.1. The minimum atomic E-state index is -3.57. The van der Waals surface area contributed by atoms with Crippen LogP contribution >= 0.6 is 0 Å². The number of nitrogens with one attached hydrogen (secondary N) is 4. The van der Waals surface area contributed by atoms with Crippen molar-refractivity contribution in [3.05, 3.63) is 60.0 Å². The molecule has 0 atom stereocenters. The average Bonchev–Trinajstić information content (AvgIpc) is 3.72. The van der Waals surface area contributed by atoms with Crippen LogP contribution in [0.3, 0.4) is 0 Å². The number of rotatable bonds is 13. The van der Waals surface area contributed by atoms with E-state index >= 15 is 0 Å². The molecule has 2 fully saturated rings. The second-order valence-corrected chi connectivity index (χ2v) is 17.3. The molecule has 0 saturated heterocycles. The highest BCUT2D eigenvalue weighted by molar-refractivity contribution is 7.89. The van der Waals surface area contributed by atoms with Crippen LogP contribution < -0.4 is 18.8 Å². The maximum Gasteiger partial charge on any atom is 0.555 e. The summed E-state index contributed by atoms with van der Waals surface area (Å²) in [6, 6.07) is 3.53. The molecule has 0 radical (unpaired) electrons. The van der Waals surface area contributed by atoms with E-state index in [4.69, 9.17) is 14.0 Å². The molecule has 262 valence electrons. The monoisotopic (exact) mass is 720 g/mol. The molecule has 0 spiro atoms. The van der Waals surface area contributed by atoms with Gasteiger partial charge >= 0.3 is 14.2 Å². The van der Waals surface area contributed by atoms with E-state index in [1.807, 2.05) is 31.2 Å². The average molecular weight is 720 g/mol. The summed E-state index contributed by atoms with van der Waals surface area (Å²) in [5.74, 6) is 4.89. The van der Waals surface area contributed by atoms with E-state index in [1.165, 1.54) is 0 Å². The van der Waals surface area contributed by atoms with Crippen molar-refractivity contribution in [3.63, 3.8) is 0 Å². The fourth-order valence-electron chi connectivity index (χ4n) is 7.59. The number of hydrogen-bond acceptors (Lipinski definition) is 10. The topological polar surface area (TPSA) is 198 Å². The van der Waals surface area contributed by atoms with Crippen molar-refractivity contribution in [2.45, 2.75) is 57.5 Å². The number of sulfonamides is 2. The van der Waals surface area contributed by atoms with E-state index in [9.17, 15) is 21.9 Å². The highest BCUT2D eigenvalue weighted by Gasteiger charge is 2.41. The van der Waals surface area contributed by atoms with Gasteiger partial charge < -0.3 is 29.0 Å². The molecular formula is C32H38B2N6O8S2. The van der Waals surface area contributed by atoms with E-state index in [1.54, 1.807) is 24.6 Å². The third-order valence-electron chi connectivity index (χ3n) is 9.97. The van der Waals surface area contributed by atoms with Crippen LogP contribution in [0, 0.1) is 11.8 Å². The predicted octanol–water partition coefficient (Wildman–Crippen LogP) is 2.95. The molecule has 2 aliphatic carbocycles. The Labute approximate surface area is 290 Å². The van der Waals surface area contributed by atoms with Crippen molar-refractivity contribution in [2.24, 2.45) is 11.8 Å². The van der Waals surface area contributed by atoms with Gasteiger partial charge in [-0.2, -0.15) is 0 Å². The normalized spacial score (nSPS) is 23.3. The number of H-pyrrole nitrogens is 2. The van der Waals surface area contributed by atoms with Crippen molar-refractivity contribution >= 4 is 67.5 Å². The Morgan fingerprint density at radius 3 is 1.96 bits per heavy atom. The first-order chi connectivity index (χ1) is 24.1. The quantitative estimate of drug-likeness (QED) is 0.101. The number of aromatic nitrogens is 4. The van der Waals surface area contributed by atoms with Gasteiger partial charge in [0.15, 0.2) is 0 Å². The van der Waals surface area contributed by atoms with Gasteiger partial charge in [0.25, 0.3) is 0 Å². The van der Waals surface area contributed by atoms with Gasteiger partial charge in [-0.3, -0.25) is 0 Å². The predicted molar refractivity (Wildman–Crippen MR) is 191 cm³/mol. The standard InChI is InChI=1S/C32H38B2N6O8S2/c1-2-9-49(42,43)39-21-13-20(14-21)26-16-34(48-28-18-38-32-24(30(26)28)5-7-36-32)46-8-3-10-50(44,45)40-22-11-19(12-22)25-15-33(41)47-27-17-37-31-23(29(25)27)4-6-35-31/h4-7,15-22,39-41H,2-3,8-14H2,1H3,(H,35,37)(H,36,38). The molecule has 4 aromatic rings. The lowest BCUT2D eigenvalue weighted by Gasteiger charge is -2.39. The molecular weight excluding hydrogens is 682 g/mol. The summed E-state index contributed by atoms with van der Waals surface area (Å²) in [5.41, 5.74) is 5.23. The zero-order valence-electron chi connectivity index (χ0n) is 27.5. The van der Waals surface area contributed by atoms with Gasteiger partial charge in [0.05, 0.1) is 23.9 Å². The van der Waals surface area contributed by atoms with E-state index in [0.717, 1.165) is 44.3 Å². The third-order valence-corrected chi connectivity index (χ3v) is 13.1. The molecule has 5 N–H and O–H groups in total. The number of allylic oxidation sites excluding steroid dienone is 2. The summed E-state index contributed by atoms with van der Waals surface area (Å²) in [4.78, 5) is 15.1. The molecule has 0 bridgehead atoms. The lowest BCUT2D eigenvalue weighted by atomic mass is 9.68. The minimum Gasteiger partial charge on any atom is -0.531 e. The van der Waals surface area contributed by atoms with Crippen LogP contribution in [-0.2, 0) is 24.7 Å². The van der Waals surface area contributed by atoms with E-state index in [2.05, 4.69) is 29.4 Å². The second kappa shape index (κ2) is 13.1. The fourth-order valence-corrected chi connectivity index (χ4v) is 10.3. The molecule has 4 aromatic heterocycles. The maximum atomic E-state index is 13.0. The molecule has 0 amide bonds. The molecule has 50 heavy (non-hydrogen) atoms. The van der Waals surface area contributed by atoms with Gasteiger partial charge in [0.1, 0.15) is 22.8 Å². The molecule has 2 aliphatic heterocycles. The van der Waals surface area contributed by atoms with Crippen LogP contribution in [0.1, 0.15) is 56.6 Å². The SMILES string of the molecule is CCCS(=O)(=O)NC1CC(C2=CB(OCCCS(=O)(=O)NC3CC(C4=CB(O)Oc5cnc6[nH]ccc6c54)C3)Oc3cnc4[nH]ccc4c32)C1. The molecule has 6 heterocycles. The summed E-state index contributed by atoms with van der Waals surface area (Å²) < 4.78 is 74.1. The Morgan fingerprint density at radius 1 is 0.840 bits per heavy atom. The van der Waals surface area contributed by atoms with Gasteiger partial charge in [-0.05, 0) is 85.6 Å². The van der Waals surface area contributed by atoms with Crippen LogP contribution in [0.25, 0.3) is 33.2 Å². The number of pyridine rings is 2. The first-order valence-electron chi connectivity index (χ1n) is 17.0. The van der Waals surface area contributed by atoms with Gasteiger partial charge in [-0.15, -0.1) is 0 Å². The van der Waals surface area contributed by atoms with Gasteiger partial charge in [-0.1, -0.05) is 6.92 Å². The van der Waals surface area contributed by atoms with Gasteiger partial charge in [0, 0.05) is 53.0 Å². The zero-order chi connectivity index (χ0) is 34.6. The molecule has 0 unspecified atom stereocenters. The minimum absolute atomic E-state index is 0.0700. The van der Waals surface area contributed by atoms with Crippen molar-refractivity contribution in [1.29, 1.82) is 0 Å². The highest BCUT2D eigenvalue weighted by atomic mass is 32.2. The van der Waals surface area contributed by atoms with Crippen LogP contribution in [0.5, 0.6) is 11.5 Å². The van der Waals surface area contributed by atoms with E-state index in [0.29, 0.717) is 43.6 Å². The van der Waals surface area contributed by atoms with Crippen molar-refractivity contribution in [3.8, 4) is 11.5 Å². The molecule has 0 aromatic carbocycles. The lowest BCUT2D eigenvalue weighted by Crippen LogP contribution is -2.46. The van der Waals surface area contributed by atoms with Crippen LogP contribution in [0.4, 0.5) is 0 Å². The first kappa shape index (κ1) is 33.5. The Balaban J connectivity index is 0.863. The second-order valence-electron chi connectivity index (χ2n) is 13.5. The van der Waals surface area contributed by atoms with Gasteiger partial charge in [-0.25, -0.2) is 36.2 Å². The number of aromatic amines is 2.